The lowest BCUT2D eigenvalue weighted by atomic mass is 10.3. The van der Waals surface area contributed by atoms with Crippen molar-refractivity contribution >= 4 is 27.5 Å². The molecule has 7 nitrogen and oxygen atoms in total. The van der Waals surface area contributed by atoms with Crippen molar-refractivity contribution in [1.29, 1.82) is 0 Å². The molecule has 0 radical (unpaired) electrons. The number of para-hydroxylation sites is 1. The Balaban J connectivity index is 2.12. The fourth-order valence-electron chi connectivity index (χ4n) is 2.53. The molecule has 0 spiro atoms. The van der Waals surface area contributed by atoms with Crippen LogP contribution in [0.15, 0.2) is 24.3 Å². The summed E-state index contributed by atoms with van der Waals surface area (Å²) < 4.78 is 38.7. The van der Waals surface area contributed by atoms with Crippen LogP contribution in [-0.4, -0.2) is 69.0 Å². The van der Waals surface area contributed by atoms with Gasteiger partial charge >= 0.3 is 0 Å². The van der Waals surface area contributed by atoms with E-state index in [9.17, 15) is 22.4 Å². The molecule has 1 aromatic rings. The highest BCUT2D eigenvalue weighted by Gasteiger charge is 2.28. The summed E-state index contributed by atoms with van der Waals surface area (Å²) in [7, 11) is -3.82. The van der Waals surface area contributed by atoms with Crippen molar-refractivity contribution in [3.63, 3.8) is 0 Å². The van der Waals surface area contributed by atoms with Crippen molar-refractivity contribution in [3.8, 4) is 0 Å². The highest BCUT2D eigenvalue weighted by atomic mass is 32.2. The SMILES string of the molecule is CC(=O)N1CCN(C(=O)CN(c2ccccc2F)S(C)(=O)=O)CC1. The highest BCUT2D eigenvalue weighted by molar-refractivity contribution is 7.92. The maximum absolute atomic E-state index is 13.9. The van der Waals surface area contributed by atoms with E-state index in [2.05, 4.69) is 0 Å². The molecule has 1 aliphatic rings. The van der Waals surface area contributed by atoms with Gasteiger partial charge < -0.3 is 9.80 Å². The van der Waals surface area contributed by atoms with Crippen LogP contribution in [0.2, 0.25) is 0 Å². The second-order valence-electron chi connectivity index (χ2n) is 5.61. The molecule has 0 atom stereocenters. The number of hydrogen-bond donors (Lipinski definition) is 0. The largest absolute Gasteiger partial charge is 0.339 e. The maximum Gasteiger partial charge on any atom is 0.243 e. The summed E-state index contributed by atoms with van der Waals surface area (Å²) in [6.45, 7) is 2.45. The minimum atomic E-state index is -3.82. The third-order valence-electron chi connectivity index (χ3n) is 3.88. The third kappa shape index (κ3) is 4.22. The Morgan fingerprint density at radius 1 is 1.12 bits per heavy atom. The van der Waals surface area contributed by atoms with E-state index in [4.69, 9.17) is 0 Å². The van der Waals surface area contributed by atoms with Gasteiger partial charge in [0.1, 0.15) is 12.4 Å². The predicted octanol–water partition coefficient (Wildman–Crippen LogP) is 0.282. The summed E-state index contributed by atoms with van der Waals surface area (Å²) in [6, 6.07) is 5.41. The molecule has 0 aliphatic carbocycles. The topological polar surface area (TPSA) is 78.0 Å². The van der Waals surface area contributed by atoms with Crippen molar-refractivity contribution in [2.75, 3.05) is 43.3 Å². The molecule has 0 saturated carbocycles. The minimum absolute atomic E-state index is 0.0637. The molecule has 0 N–H and O–H groups in total. The summed E-state index contributed by atoms with van der Waals surface area (Å²) in [4.78, 5) is 26.8. The van der Waals surface area contributed by atoms with E-state index in [1.165, 1.54) is 30.0 Å². The molecule has 0 bridgehead atoms. The van der Waals surface area contributed by atoms with Crippen LogP contribution in [0.25, 0.3) is 0 Å². The summed E-state index contributed by atoms with van der Waals surface area (Å²) in [5.41, 5.74) is -0.157. The molecule has 0 unspecified atom stereocenters. The lowest BCUT2D eigenvalue weighted by Crippen LogP contribution is -2.52. The van der Waals surface area contributed by atoms with Crippen molar-refractivity contribution in [2.24, 2.45) is 0 Å². The number of halogens is 1. The van der Waals surface area contributed by atoms with Gasteiger partial charge in [0, 0.05) is 33.1 Å². The highest BCUT2D eigenvalue weighted by Crippen LogP contribution is 2.21. The molecular weight excluding hydrogens is 337 g/mol. The van der Waals surface area contributed by atoms with Crippen LogP contribution in [0.4, 0.5) is 10.1 Å². The molecule has 1 fully saturated rings. The van der Waals surface area contributed by atoms with Gasteiger partial charge in [-0.05, 0) is 12.1 Å². The summed E-state index contributed by atoms with van der Waals surface area (Å²) in [5, 5.41) is 0. The first-order valence-corrected chi connectivity index (χ1v) is 9.30. The number of carbonyl (C=O) groups is 2. The van der Waals surface area contributed by atoms with Crippen LogP contribution in [0.3, 0.4) is 0 Å². The van der Waals surface area contributed by atoms with Crippen LogP contribution in [0.1, 0.15) is 6.92 Å². The maximum atomic E-state index is 13.9. The van der Waals surface area contributed by atoms with Gasteiger partial charge in [-0.3, -0.25) is 13.9 Å². The zero-order chi connectivity index (χ0) is 17.9. The number of hydrogen-bond acceptors (Lipinski definition) is 4. The normalized spacial score (nSPS) is 15.3. The Morgan fingerprint density at radius 3 is 2.17 bits per heavy atom. The molecule has 0 aromatic heterocycles. The van der Waals surface area contributed by atoms with Gasteiger partial charge in [0.25, 0.3) is 0 Å². The van der Waals surface area contributed by atoms with Gasteiger partial charge in [-0.25, -0.2) is 12.8 Å². The van der Waals surface area contributed by atoms with Crippen molar-refractivity contribution < 1.29 is 22.4 Å². The molecule has 1 aliphatic heterocycles. The Bertz CT molecular complexity index is 730. The zero-order valence-electron chi connectivity index (χ0n) is 13.6. The second-order valence-corrected chi connectivity index (χ2v) is 7.51. The minimum Gasteiger partial charge on any atom is -0.339 e. The van der Waals surface area contributed by atoms with E-state index < -0.39 is 28.3 Å². The van der Waals surface area contributed by atoms with Crippen LogP contribution in [0, 0.1) is 5.82 Å². The number of piperazine rings is 1. The molecular formula is C15H20FN3O4S. The first-order valence-electron chi connectivity index (χ1n) is 7.45. The molecule has 9 heteroatoms. The summed E-state index contributed by atoms with van der Waals surface area (Å²) in [6.07, 6.45) is 0.931. The van der Waals surface area contributed by atoms with Gasteiger partial charge in [-0.1, -0.05) is 12.1 Å². The second kappa shape index (κ2) is 7.16. The van der Waals surface area contributed by atoms with E-state index in [-0.39, 0.29) is 11.6 Å². The van der Waals surface area contributed by atoms with Crippen LogP contribution >= 0.6 is 0 Å². The third-order valence-corrected chi connectivity index (χ3v) is 5.00. The number of sulfonamides is 1. The number of benzene rings is 1. The van der Waals surface area contributed by atoms with Crippen LogP contribution < -0.4 is 4.31 Å². The van der Waals surface area contributed by atoms with Gasteiger partial charge in [-0.2, -0.15) is 0 Å². The van der Waals surface area contributed by atoms with E-state index in [1.807, 2.05) is 0 Å². The molecule has 2 rings (SSSR count). The number of amides is 2. The molecule has 24 heavy (non-hydrogen) atoms. The molecule has 1 heterocycles. The Labute approximate surface area is 140 Å². The van der Waals surface area contributed by atoms with Crippen LogP contribution in [0.5, 0.6) is 0 Å². The molecule has 132 valence electrons. The summed E-state index contributed by atoms with van der Waals surface area (Å²) >= 11 is 0. The van der Waals surface area contributed by atoms with Gasteiger partial charge in [0.05, 0.1) is 11.9 Å². The number of anilines is 1. The molecule has 1 saturated heterocycles. The first-order chi connectivity index (χ1) is 11.2. The first kappa shape index (κ1) is 18.2. The van der Waals surface area contributed by atoms with E-state index in [1.54, 1.807) is 4.90 Å². The van der Waals surface area contributed by atoms with Gasteiger partial charge in [0.2, 0.25) is 21.8 Å². The molecule has 1 aromatic carbocycles. The summed E-state index contributed by atoms with van der Waals surface area (Å²) in [5.74, 6) is -1.20. The average Bonchev–Trinajstić information content (AvgIpc) is 2.52. The van der Waals surface area contributed by atoms with Crippen LogP contribution in [-0.2, 0) is 19.6 Å². The lowest BCUT2D eigenvalue weighted by molar-refractivity contribution is -0.137. The predicted molar refractivity (Wildman–Crippen MR) is 87.4 cm³/mol. The quantitative estimate of drug-likeness (QED) is 0.776. The Morgan fingerprint density at radius 2 is 1.67 bits per heavy atom. The van der Waals surface area contributed by atoms with Gasteiger partial charge in [0.15, 0.2) is 0 Å². The monoisotopic (exact) mass is 357 g/mol. The van der Waals surface area contributed by atoms with Crippen molar-refractivity contribution in [3.05, 3.63) is 30.1 Å². The van der Waals surface area contributed by atoms with E-state index in [0.717, 1.165) is 16.6 Å². The van der Waals surface area contributed by atoms with E-state index in [0.29, 0.717) is 26.2 Å². The number of rotatable bonds is 4. The van der Waals surface area contributed by atoms with Crippen molar-refractivity contribution in [2.45, 2.75) is 6.92 Å². The fourth-order valence-corrected chi connectivity index (χ4v) is 3.38. The fraction of sp³-hybridized carbons (Fsp3) is 0.467. The lowest BCUT2D eigenvalue weighted by Gasteiger charge is -2.35. The number of carbonyl (C=O) groups excluding carboxylic acids is 2. The van der Waals surface area contributed by atoms with Crippen molar-refractivity contribution in [1.82, 2.24) is 9.80 Å². The number of nitrogens with zero attached hydrogens (tertiary/aromatic N) is 3. The zero-order valence-corrected chi connectivity index (χ0v) is 14.4. The Hall–Kier alpha value is -2.16. The average molecular weight is 357 g/mol. The van der Waals surface area contributed by atoms with Gasteiger partial charge in [-0.15, -0.1) is 0 Å². The molecule has 2 amide bonds. The standard InChI is InChI=1S/C15H20FN3O4S/c1-12(20)17-7-9-18(10-8-17)15(21)11-19(24(2,22)23)14-6-4-3-5-13(14)16/h3-6H,7-11H2,1-2H3. The van der Waals surface area contributed by atoms with E-state index >= 15 is 0 Å². The smallest absolute Gasteiger partial charge is 0.243 e. The Kier molecular flexibility index (Phi) is 5.43.